The van der Waals surface area contributed by atoms with E-state index in [0.29, 0.717) is 0 Å². The second-order valence-corrected chi connectivity index (χ2v) is 5.28. The molecule has 0 bridgehead atoms. The molecule has 1 aromatic carbocycles. The molecule has 3 rings (SSSR count). The van der Waals surface area contributed by atoms with E-state index < -0.39 is 0 Å². The molecule has 1 unspecified atom stereocenters. The molecule has 1 aromatic rings. The minimum absolute atomic E-state index is 0.231. The van der Waals surface area contributed by atoms with Gasteiger partial charge in [-0.2, -0.15) is 0 Å². The van der Waals surface area contributed by atoms with Crippen LogP contribution in [-0.2, 0) is 11.3 Å². The molecule has 0 radical (unpaired) electrons. The molecule has 104 valence electrons. The summed E-state index contributed by atoms with van der Waals surface area (Å²) < 4.78 is 11.3. The van der Waals surface area contributed by atoms with E-state index >= 15 is 0 Å². The Labute approximate surface area is 114 Å². The maximum absolute atomic E-state index is 5.95. The van der Waals surface area contributed by atoms with Gasteiger partial charge in [-0.25, -0.2) is 0 Å². The lowest BCUT2D eigenvalue weighted by Crippen LogP contribution is -2.42. The number of nitrogens with one attached hydrogen (secondary N) is 1. The van der Waals surface area contributed by atoms with Crippen molar-refractivity contribution in [2.75, 3.05) is 39.4 Å². The topological polar surface area (TPSA) is 33.7 Å². The molecule has 19 heavy (non-hydrogen) atoms. The zero-order valence-electron chi connectivity index (χ0n) is 11.3. The van der Waals surface area contributed by atoms with Gasteiger partial charge in [0.2, 0.25) is 0 Å². The molecule has 0 aliphatic carbocycles. The summed E-state index contributed by atoms with van der Waals surface area (Å²) in [5.74, 6) is 0.975. The number of nitrogens with zero attached hydrogens (tertiary/aromatic N) is 1. The van der Waals surface area contributed by atoms with Crippen LogP contribution in [0.4, 0.5) is 0 Å². The summed E-state index contributed by atoms with van der Waals surface area (Å²) >= 11 is 0. The van der Waals surface area contributed by atoms with Gasteiger partial charge in [0.25, 0.3) is 0 Å². The van der Waals surface area contributed by atoms with Crippen LogP contribution >= 0.6 is 0 Å². The molecule has 1 N–H and O–H groups in total. The molecular formula is C15H22N2O2. The van der Waals surface area contributed by atoms with E-state index in [9.17, 15) is 0 Å². The monoisotopic (exact) mass is 262 g/mol. The third-order valence-electron chi connectivity index (χ3n) is 3.70. The smallest absolute Gasteiger partial charge is 0.124 e. The Kier molecular flexibility index (Phi) is 4.33. The Hall–Kier alpha value is -1.10. The lowest BCUT2D eigenvalue weighted by Gasteiger charge is -2.27. The highest BCUT2D eigenvalue weighted by Crippen LogP contribution is 2.19. The molecule has 4 heteroatoms. The fourth-order valence-corrected chi connectivity index (χ4v) is 2.64. The van der Waals surface area contributed by atoms with Crippen molar-refractivity contribution >= 4 is 0 Å². The Morgan fingerprint density at radius 2 is 2.21 bits per heavy atom. The second kappa shape index (κ2) is 6.37. The number of ether oxygens (including phenoxy) is 2. The Morgan fingerprint density at radius 3 is 3.00 bits per heavy atom. The average Bonchev–Trinajstić information content (AvgIpc) is 2.93. The summed E-state index contributed by atoms with van der Waals surface area (Å²) in [7, 11) is 0. The largest absolute Gasteiger partial charge is 0.488 e. The predicted molar refractivity (Wildman–Crippen MR) is 74.4 cm³/mol. The lowest BCUT2D eigenvalue weighted by molar-refractivity contribution is 0.141. The summed E-state index contributed by atoms with van der Waals surface area (Å²) in [4.78, 5) is 2.48. The summed E-state index contributed by atoms with van der Waals surface area (Å²) in [6.45, 7) is 7.00. The average molecular weight is 262 g/mol. The van der Waals surface area contributed by atoms with Crippen LogP contribution in [-0.4, -0.2) is 50.4 Å². The minimum atomic E-state index is 0.231. The van der Waals surface area contributed by atoms with Crippen LogP contribution < -0.4 is 10.1 Å². The first-order valence-electron chi connectivity index (χ1n) is 7.16. The van der Waals surface area contributed by atoms with Crippen molar-refractivity contribution in [3.8, 4) is 5.75 Å². The molecule has 0 aromatic heterocycles. The van der Waals surface area contributed by atoms with E-state index in [0.717, 1.165) is 58.1 Å². The summed E-state index contributed by atoms with van der Waals surface area (Å²) in [5, 5.41) is 3.38. The summed E-state index contributed by atoms with van der Waals surface area (Å²) in [6.07, 6.45) is 1.23. The van der Waals surface area contributed by atoms with Crippen molar-refractivity contribution in [1.82, 2.24) is 10.2 Å². The van der Waals surface area contributed by atoms with Crippen molar-refractivity contribution in [3.05, 3.63) is 29.8 Å². The number of piperazine rings is 1. The second-order valence-electron chi connectivity index (χ2n) is 5.28. The summed E-state index contributed by atoms with van der Waals surface area (Å²) in [6, 6.07) is 8.47. The molecule has 0 spiro atoms. The molecule has 2 aliphatic heterocycles. The maximum Gasteiger partial charge on any atom is 0.124 e. The predicted octanol–water partition coefficient (Wildman–Crippen LogP) is 1.26. The van der Waals surface area contributed by atoms with Gasteiger partial charge >= 0.3 is 0 Å². The zero-order chi connectivity index (χ0) is 12.9. The van der Waals surface area contributed by atoms with E-state index in [1.165, 1.54) is 5.56 Å². The molecular weight excluding hydrogens is 240 g/mol. The van der Waals surface area contributed by atoms with Crippen LogP contribution in [0.1, 0.15) is 12.0 Å². The van der Waals surface area contributed by atoms with Crippen LogP contribution in [0.5, 0.6) is 5.75 Å². The van der Waals surface area contributed by atoms with Gasteiger partial charge < -0.3 is 14.8 Å². The minimum Gasteiger partial charge on any atom is -0.488 e. The molecule has 2 saturated heterocycles. The highest BCUT2D eigenvalue weighted by molar-refractivity contribution is 5.28. The van der Waals surface area contributed by atoms with Gasteiger partial charge in [-0.05, 0) is 17.7 Å². The van der Waals surface area contributed by atoms with Crippen LogP contribution in [0, 0.1) is 0 Å². The Balaban J connectivity index is 1.58. The van der Waals surface area contributed by atoms with E-state index in [4.69, 9.17) is 9.47 Å². The molecule has 2 fully saturated rings. The van der Waals surface area contributed by atoms with E-state index in [1.807, 2.05) is 6.07 Å². The van der Waals surface area contributed by atoms with E-state index in [-0.39, 0.29) is 6.10 Å². The first kappa shape index (κ1) is 12.9. The number of rotatable bonds is 4. The van der Waals surface area contributed by atoms with Gasteiger partial charge in [-0.3, -0.25) is 4.90 Å². The quantitative estimate of drug-likeness (QED) is 0.886. The van der Waals surface area contributed by atoms with E-state index in [1.54, 1.807) is 0 Å². The number of hydrogen-bond donors (Lipinski definition) is 1. The first-order valence-corrected chi connectivity index (χ1v) is 7.16. The van der Waals surface area contributed by atoms with Crippen LogP contribution in [0.3, 0.4) is 0 Å². The molecule has 1 atom stereocenters. The van der Waals surface area contributed by atoms with Crippen molar-refractivity contribution in [3.63, 3.8) is 0 Å². The zero-order valence-corrected chi connectivity index (χ0v) is 11.3. The van der Waals surface area contributed by atoms with Gasteiger partial charge in [0, 0.05) is 39.1 Å². The fraction of sp³-hybridized carbons (Fsp3) is 0.600. The molecule has 4 nitrogen and oxygen atoms in total. The number of benzene rings is 1. The molecule has 0 amide bonds. The summed E-state index contributed by atoms with van der Waals surface area (Å²) in [5.41, 5.74) is 1.33. The SMILES string of the molecule is c1cc(CN2CCNCC2)cc(OC2CCOC2)c1. The van der Waals surface area contributed by atoms with Gasteiger partial charge in [0.05, 0.1) is 13.2 Å². The third kappa shape index (κ3) is 3.69. The lowest BCUT2D eigenvalue weighted by atomic mass is 10.2. The molecule has 2 aliphatic rings. The molecule has 0 saturated carbocycles. The van der Waals surface area contributed by atoms with Gasteiger partial charge in [-0.1, -0.05) is 12.1 Å². The van der Waals surface area contributed by atoms with Crippen LogP contribution in [0.2, 0.25) is 0 Å². The maximum atomic E-state index is 5.95. The van der Waals surface area contributed by atoms with Crippen LogP contribution in [0.25, 0.3) is 0 Å². The highest BCUT2D eigenvalue weighted by Gasteiger charge is 2.17. The highest BCUT2D eigenvalue weighted by atomic mass is 16.5. The van der Waals surface area contributed by atoms with Crippen molar-refractivity contribution in [1.29, 1.82) is 0 Å². The first-order chi connectivity index (χ1) is 9.40. The standard InChI is InChI=1S/C15H22N2O2/c1-2-13(11-17-7-5-16-6-8-17)10-14(3-1)19-15-4-9-18-12-15/h1-3,10,15-16H,4-9,11-12H2. The van der Waals surface area contributed by atoms with Crippen molar-refractivity contribution in [2.24, 2.45) is 0 Å². The van der Waals surface area contributed by atoms with Gasteiger partial charge in [0.1, 0.15) is 11.9 Å². The van der Waals surface area contributed by atoms with Crippen molar-refractivity contribution in [2.45, 2.75) is 19.1 Å². The fourth-order valence-electron chi connectivity index (χ4n) is 2.64. The van der Waals surface area contributed by atoms with Gasteiger partial charge in [0.15, 0.2) is 0 Å². The Bertz CT molecular complexity index is 399. The van der Waals surface area contributed by atoms with Crippen LogP contribution in [0.15, 0.2) is 24.3 Å². The molecule has 2 heterocycles. The van der Waals surface area contributed by atoms with E-state index in [2.05, 4.69) is 28.4 Å². The third-order valence-corrected chi connectivity index (χ3v) is 3.70. The Morgan fingerprint density at radius 1 is 1.32 bits per heavy atom. The number of hydrogen-bond acceptors (Lipinski definition) is 4. The van der Waals surface area contributed by atoms with Gasteiger partial charge in [-0.15, -0.1) is 0 Å². The normalized spacial score (nSPS) is 24.5. The van der Waals surface area contributed by atoms with Crippen molar-refractivity contribution < 1.29 is 9.47 Å².